The second-order valence-corrected chi connectivity index (χ2v) is 16.2. The van der Waals surface area contributed by atoms with Gasteiger partial charge in [-0.1, -0.05) is 98.0 Å². The van der Waals surface area contributed by atoms with Crippen LogP contribution in [-0.4, -0.2) is 22.6 Å². The molecule has 42 heavy (non-hydrogen) atoms. The van der Waals surface area contributed by atoms with E-state index in [1.165, 1.54) is 32.9 Å². The molecule has 4 heterocycles. The zero-order valence-corrected chi connectivity index (χ0v) is 24.5. The van der Waals surface area contributed by atoms with Gasteiger partial charge in [0, 0.05) is 39.0 Å². The topological polar surface area (TPSA) is 30.7 Å². The molecular formula is C38H27N3Si. The van der Waals surface area contributed by atoms with Crippen molar-refractivity contribution in [2.24, 2.45) is 0 Å². The van der Waals surface area contributed by atoms with Crippen LogP contribution in [0, 0.1) is 0 Å². The van der Waals surface area contributed by atoms with E-state index in [4.69, 9.17) is 4.98 Å². The molecule has 4 heteroatoms. The zero-order chi connectivity index (χ0) is 28.0. The number of pyridine rings is 2. The Morgan fingerprint density at radius 2 is 1.33 bits per heavy atom. The van der Waals surface area contributed by atoms with Crippen LogP contribution in [0.15, 0.2) is 128 Å². The van der Waals surface area contributed by atoms with Gasteiger partial charge in [0.15, 0.2) is 0 Å². The third-order valence-corrected chi connectivity index (χ3v) is 12.8. The molecule has 0 bridgehead atoms. The van der Waals surface area contributed by atoms with Gasteiger partial charge in [-0.05, 0) is 57.9 Å². The van der Waals surface area contributed by atoms with Gasteiger partial charge < -0.3 is 4.57 Å². The van der Waals surface area contributed by atoms with Crippen LogP contribution in [0.3, 0.4) is 0 Å². The highest BCUT2D eigenvalue weighted by Gasteiger charge is 2.37. The largest absolute Gasteiger partial charge is 0.309 e. The molecule has 3 aromatic heterocycles. The number of hydrogen-bond donors (Lipinski definition) is 0. The predicted molar refractivity (Wildman–Crippen MR) is 179 cm³/mol. The fourth-order valence-electron chi connectivity index (χ4n) is 7.11. The minimum Gasteiger partial charge on any atom is -0.309 e. The lowest BCUT2D eigenvalue weighted by Gasteiger charge is -2.18. The van der Waals surface area contributed by atoms with E-state index >= 15 is 0 Å². The number of rotatable bonds is 2. The number of fused-ring (bicyclic) bond motifs is 9. The Hall–Kier alpha value is -5.06. The van der Waals surface area contributed by atoms with Crippen molar-refractivity contribution in [3.05, 3.63) is 128 Å². The summed E-state index contributed by atoms with van der Waals surface area (Å²) in [6.07, 6.45) is 1.84. The lowest BCUT2D eigenvalue weighted by atomic mass is 10.0. The van der Waals surface area contributed by atoms with Crippen LogP contribution in [0.4, 0.5) is 0 Å². The minimum atomic E-state index is -1.76. The van der Waals surface area contributed by atoms with E-state index in [-0.39, 0.29) is 0 Å². The van der Waals surface area contributed by atoms with Crippen LogP contribution in [0.5, 0.6) is 0 Å². The Morgan fingerprint density at radius 3 is 2.21 bits per heavy atom. The summed E-state index contributed by atoms with van der Waals surface area (Å²) in [6, 6.07) is 44.2. The van der Waals surface area contributed by atoms with Crippen molar-refractivity contribution >= 4 is 62.1 Å². The monoisotopic (exact) mass is 553 g/mol. The van der Waals surface area contributed by atoms with E-state index in [2.05, 4.69) is 138 Å². The highest BCUT2D eigenvalue weighted by Crippen LogP contribution is 2.37. The number of nitrogens with zero attached hydrogens (tertiary/aromatic N) is 3. The fourth-order valence-corrected chi connectivity index (χ4v) is 10.2. The molecule has 1 aliphatic rings. The van der Waals surface area contributed by atoms with Gasteiger partial charge in [-0.3, -0.25) is 4.98 Å². The molecule has 198 valence electrons. The van der Waals surface area contributed by atoms with Crippen LogP contribution in [0.1, 0.15) is 0 Å². The molecular weight excluding hydrogens is 527 g/mol. The van der Waals surface area contributed by atoms with E-state index < -0.39 is 8.07 Å². The SMILES string of the molecule is C[Si]1(C)c2ccccc2-c2cc3c(cc21)c1ccccc1n3-c1ccc(-c2ccc3ccc4cccnc4c3n2)cc1. The molecule has 8 aromatic rings. The molecule has 0 spiro atoms. The Morgan fingerprint density at radius 1 is 0.571 bits per heavy atom. The molecule has 3 nitrogen and oxygen atoms in total. The lowest BCUT2D eigenvalue weighted by Crippen LogP contribution is -2.49. The maximum Gasteiger partial charge on any atom is 0.113 e. The quantitative estimate of drug-likeness (QED) is 0.159. The summed E-state index contributed by atoms with van der Waals surface area (Å²) in [5.41, 5.74) is 10.4. The Balaban J connectivity index is 1.22. The molecule has 1 aliphatic heterocycles. The molecule has 0 N–H and O–H groups in total. The molecule has 0 fully saturated rings. The second-order valence-electron chi connectivity index (χ2n) is 11.9. The number of aromatic nitrogens is 3. The first-order chi connectivity index (χ1) is 20.6. The van der Waals surface area contributed by atoms with Gasteiger partial charge in [0.1, 0.15) is 8.07 Å². The molecule has 0 saturated heterocycles. The number of para-hydroxylation sites is 1. The van der Waals surface area contributed by atoms with Crippen molar-refractivity contribution in [1.82, 2.24) is 14.5 Å². The van der Waals surface area contributed by atoms with Crippen molar-refractivity contribution in [3.8, 4) is 28.1 Å². The van der Waals surface area contributed by atoms with E-state index in [1.54, 1.807) is 10.4 Å². The van der Waals surface area contributed by atoms with Crippen LogP contribution in [-0.2, 0) is 0 Å². The average molecular weight is 554 g/mol. The molecule has 0 unspecified atom stereocenters. The molecule has 0 amide bonds. The Labute approximate surface area is 244 Å². The summed E-state index contributed by atoms with van der Waals surface area (Å²) in [5.74, 6) is 0. The van der Waals surface area contributed by atoms with Crippen LogP contribution >= 0.6 is 0 Å². The zero-order valence-electron chi connectivity index (χ0n) is 23.5. The summed E-state index contributed by atoms with van der Waals surface area (Å²) >= 11 is 0. The lowest BCUT2D eigenvalue weighted by molar-refractivity contribution is 1.18. The first kappa shape index (κ1) is 23.6. The van der Waals surface area contributed by atoms with Crippen molar-refractivity contribution in [2.45, 2.75) is 13.1 Å². The van der Waals surface area contributed by atoms with Crippen LogP contribution in [0.2, 0.25) is 13.1 Å². The van der Waals surface area contributed by atoms with Crippen molar-refractivity contribution in [2.75, 3.05) is 0 Å². The summed E-state index contributed by atoms with van der Waals surface area (Å²) in [4.78, 5) is 9.71. The van der Waals surface area contributed by atoms with Gasteiger partial charge in [0.05, 0.1) is 27.8 Å². The van der Waals surface area contributed by atoms with E-state index in [0.29, 0.717) is 0 Å². The van der Waals surface area contributed by atoms with Gasteiger partial charge in [-0.2, -0.15) is 0 Å². The third kappa shape index (κ3) is 3.21. The van der Waals surface area contributed by atoms with E-state index in [0.717, 1.165) is 38.8 Å². The van der Waals surface area contributed by atoms with Gasteiger partial charge in [-0.15, -0.1) is 0 Å². The average Bonchev–Trinajstić information content (AvgIpc) is 3.48. The maximum atomic E-state index is 5.07. The smallest absolute Gasteiger partial charge is 0.113 e. The number of benzene rings is 5. The first-order valence-corrected chi connectivity index (χ1v) is 17.5. The standard InChI is InChI=1S/C38H27N3Si/c1-42(2)35-12-6-4-10-29(35)31-22-34-30(23-36(31)42)28-9-3-5-11-33(28)41(34)27-18-15-24(16-19-27)32-20-17-26-14-13-25-8-7-21-39-37(25)38(26)40-32/h3-23H,1-2H3. The van der Waals surface area contributed by atoms with E-state index in [9.17, 15) is 0 Å². The van der Waals surface area contributed by atoms with Crippen molar-refractivity contribution in [3.63, 3.8) is 0 Å². The summed E-state index contributed by atoms with van der Waals surface area (Å²) < 4.78 is 2.43. The predicted octanol–water partition coefficient (Wildman–Crippen LogP) is 8.35. The molecule has 0 saturated carbocycles. The molecule has 0 aliphatic carbocycles. The van der Waals surface area contributed by atoms with Crippen molar-refractivity contribution in [1.29, 1.82) is 0 Å². The van der Waals surface area contributed by atoms with Crippen molar-refractivity contribution < 1.29 is 0 Å². The molecule has 0 atom stereocenters. The van der Waals surface area contributed by atoms with Gasteiger partial charge >= 0.3 is 0 Å². The number of hydrogen-bond acceptors (Lipinski definition) is 2. The molecule has 5 aromatic carbocycles. The third-order valence-electron chi connectivity index (χ3n) is 9.23. The van der Waals surface area contributed by atoms with Gasteiger partial charge in [-0.25, -0.2) is 4.98 Å². The van der Waals surface area contributed by atoms with Gasteiger partial charge in [0.2, 0.25) is 0 Å². The Kier molecular flexibility index (Phi) is 4.77. The first-order valence-electron chi connectivity index (χ1n) is 14.5. The maximum absolute atomic E-state index is 5.07. The normalized spacial score (nSPS) is 13.7. The molecule has 0 radical (unpaired) electrons. The van der Waals surface area contributed by atoms with Crippen LogP contribution in [0.25, 0.3) is 71.7 Å². The van der Waals surface area contributed by atoms with Crippen LogP contribution < -0.4 is 10.4 Å². The highest BCUT2D eigenvalue weighted by atomic mass is 28.3. The summed E-state index contributed by atoms with van der Waals surface area (Å²) in [7, 11) is -1.76. The minimum absolute atomic E-state index is 0.942. The summed E-state index contributed by atoms with van der Waals surface area (Å²) in [6.45, 7) is 4.97. The van der Waals surface area contributed by atoms with Gasteiger partial charge in [0.25, 0.3) is 0 Å². The Bertz CT molecular complexity index is 2380. The molecule has 9 rings (SSSR count). The second kappa shape index (κ2) is 8.48. The fraction of sp³-hybridized carbons (Fsp3) is 0.0526. The highest BCUT2D eigenvalue weighted by molar-refractivity contribution is 7.04. The summed E-state index contributed by atoms with van der Waals surface area (Å²) in [5, 5.41) is 7.93. The van der Waals surface area contributed by atoms with E-state index in [1.807, 2.05) is 12.3 Å².